The van der Waals surface area contributed by atoms with Crippen molar-refractivity contribution in [3.63, 3.8) is 0 Å². The summed E-state index contributed by atoms with van der Waals surface area (Å²) in [5.41, 5.74) is 0. The Morgan fingerprint density at radius 1 is 1.33 bits per heavy atom. The van der Waals surface area contributed by atoms with Gasteiger partial charge in [-0.25, -0.2) is 0 Å². The summed E-state index contributed by atoms with van der Waals surface area (Å²) >= 11 is 0. The molecule has 0 aromatic heterocycles. The van der Waals surface area contributed by atoms with Gasteiger partial charge in [0.15, 0.2) is 5.78 Å². The molecule has 0 aromatic carbocycles. The Morgan fingerprint density at radius 2 is 1.93 bits per heavy atom. The molecule has 0 saturated carbocycles. The zero-order chi connectivity index (χ0) is 11.8. The second-order valence-electron chi connectivity index (χ2n) is 3.68. The number of hydrogen-bond donors (Lipinski definition) is 1. The van der Waals surface area contributed by atoms with E-state index < -0.39 is 18.2 Å². The van der Waals surface area contributed by atoms with Crippen LogP contribution in [0.25, 0.3) is 0 Å². The number of rotatable bonds is 7. The van der Waals surface area contributed by atoms with Gasteiger partial charge in [-0.1, -0.05) is 19.8 Å². The molecule has 0 saturated heterocycles. The number of esters is 1. The largest absolute Gasteiger partial charge is 0.460 e. The van der Waals surface area contributed by atoms with Gasteiger partial charge in [0.1, 0.15) is 12.2 Å². The van der Waals surface area contributed by atoms with Gasteiger partial charge >= 0.3 is 5.97 Å². The van der Waals surface area contributed by atoms with Gasteiger partial charge in [0.05, 0.1) is 0 Å². The fourth-order valence-corrected chi connectivity index (χ4v) is 1.29. The molecule has 0 bridgehead atoms. The van der Waals surface area contributed by atoms with E-state index in [1.807, 2.05) is 6.92 Å². The van der Waals surface area contributed by atoms with Gasteiger partial charge in [-0.15, -0.1) is 0 Å². The first-order valence-corrected chi connectivity index (χ1v) is 5.37. The molecule has 0 heterocycles. The van der Waals surface area contributed by atoms with E-state index in [-0.39, 0.29) is 5.78 Å². The molecule has 0 spiro atoms. The van der Waals surface area contributed by atoms with E-state index in [4.69, 9.17) is 4.74 Å². The molecule has 4 heteroatoms. The quantitative estimate of drug-likeness (QED) is 0.516. The normalized spacial score (nSPS) is 14.4. The molecular formula is C11H20O4. The van der Waals surface area contributed by atoms with Crippen LogP contribution in [0.3, 0.4) is 0 Å². The molecule has 0 rings (SSSR count). The van der Waals surface area contributed by atoms with E-state index in [9.17, 15) is 14.7 Å². The summed E-state index contributed by atoms with van der Waals surface area (Å²) in [6.07, 6.45) is 1.19. The first-order chi connectivity index (χ1) is 6.99. The van der Waals surface area contributed by atoms with Gasteiger partial charge < -0.3 is 9.84 Å². The highest BCUT2D eigenvalue weighted by Crippen LogP contribution is 2.07. The van der Waals surface area contributed by atoms with Gasteiger partial charge in [0, 0.05) is 13.3 Å². The van der Waals surface area contributed by atoms with Crippen LogP contribution in [0.1, 0.15) is 46.5 Å². The predicted molar refractivity (Wildman–Crippen MR) is 56.4 cm³/mol. The van der Waals surface area contributed by atoms with Crippen molar-refractivity contribution >= 4 is 11.8 Å². The molecule has 1 N–H and O–H groups in total. The van der Waals surface area contributed by atoms with E-state index in [1.165, 1.54) is 13.8 Å². The molecule has 88 valence electrons. The van der Waals surface area contributed by atoms with Gasteiger partial charge in [0.2, 0.25) is 0 Å². The third-order valence-electron chi connectivity index (χ3n) is 2.15. The first-order valence-electron chi connectivity index (χ1n) is 5.37. The van der Waals surface area contributed by atoms with Crippen molar-refractivity contribution in [3.05, 3.63) is 0 Å². The lowest BCUT2D eigenvalue weighted by Gasteiger charge is -2.17. The highest BCUT2D eigenvalue weighted by atomic mass is 16.6. The molecule has 0 aliphatic heterocycles. The van der Waals surface area contributed by atoms with Crippen molar-refractivity contribution in [2.75, 3.05) is 0 Å². The second-order valence-corrected chi connectivity index (χ2v) is 3.68. The Hall–Kier alpha value is -0.900. The van der Waals surface area contributed by atoms with E-state index >= 15 is 0 Å². The molecular weight excluding hydrogens is 196 g/mol. The zero-order valence-electron chi connectivity index (χ0n) is 9.66. The van der Waals surface area contributed by atoms with Gasteiger partial charge in [-0.2, -0.15) is 0 Å². The van der Waals surface area contributed by atoms with E-state index in [1.54, 1.807) is 0 Å². The van der Waals surface area contributed by atoms with Crippen molar-refractivity contribution in [1.29, 1.82) is 0 Å². The summed E-state index contributed by atoms with van der Waals surface area (Å²) in [6.45, 7) is 4.82. The molecule has 2 atom stereocenters. The Labute approximate surface area is 90.6 Å². The maximum Gasteiger partial charge on any atom is 0.302 e. The molecule has 4 nitrogen and oxygen atoms in total. The highest BCUT2D eigenvalue weighted by Gasteiger charge is 2.23. The lowest BCUT2D eigenvalue weighted by Crippen LogP contribution is -2.34. The number of Topliss-reactive ketones (excluding diaryl/α,β-unsaturated/α-hetero) is 1. The van der Waals surface area contributed by atoms with Crippen LogP contribution in [0, 0.1) is 0 Å². The van der Waals surface area contributed by atoms with Crippen molar-refractivity contribution < 1.29 is 19.4 Å². The van der Waals surface area contributed by atoms with Gasteiger partial charge in [0.25, 0.3) is 0 Å². The summed E-state index contributed by atoms with van der Waals surface area (Å²) in [6, 6.07) is 0. The molecule has 0 aromatic rings. The van der Waals surface area contributed by atoms with Crippen molar-refractivity contribution in [2.24, 2.45) is 0 Å². The monoisotopic (exact) mass is 216 g/mol. The minimum atomic E-state index is -1.19. The fourth-order valence-electron chi connectivity index (χ4n) is 1.29. The average Bonchev–Trinajstić information content (AvgIpc) is 2.15. The Balaban J connectivity index is 3.90. The third-order valence-corrected chi connectivity index (χ3v) is 2.15. The van der Waals surface area contributed by atoms with Gasteiger partial charge in [-0.3, -0.25) is 9.59 Å². The number of unbranched alkanes of at least 4 members (excludes halogenated alkanes) is 2. The maximum absolute atomic E-state index is 11.4. The van der Waals surface area contributed by atoms with Crippen LogP contribution >= 0.6 is 0 Å². The lowest BCUT2D eigenvalue weighted by molar-refractivity contribution is -0.154. The smallest absolute Gasteiger partial charge is 0.302 e. The van der Waals surface area contributed by atoms with Crippen LogP contribution in [-0.2, 0) is 14.3 Å². The topological polar surface area (TPSA) is 63.6 Å². The summed E-state index contributed by atoms with van der Waals surface area (Å²) in [7, 11) is 0. The summed E-state index contributed by atoms with van der Waals surface area (Å²) in [4.78, 5) is 22.0. The summed E-state index contributed by atoms with van der Waals surface area (Å²) < 4.78 is 4.73. The number of ether oxygens (including phenoxy) is 1. The predicted octanol–water partition coefficient (Wildman–Crippen LogP) is 1.45. The maximum atomic E-state index is 11.4. The zero-order valence-corrected chi connectivity index (χ0v) is 9.66. The molecule has 0 aliphatic rings. The number of aliphatic hydroxyl groups excluding tert-OH is 1. The van der Waals surface area contributed by atoms with Gasteiger partial charge in [-0.05, 0) is 13.3 Å². The van der Waals surface area contributed by atoms with E-state index in [0.717, 1.165) is 19.3 Å². The molecule has 0 amide bonds. The Kier molecular flexibility index (Phi) is 6.96. The summed E-state index contributed by atoms with van der Waals surface area (Å²) in [5, 5.41) is 9.51. The van der Waals surface area contributed by atoms with Crippen molar-refractivity contribution in [3.8, 4) is 0 Å². The lowest BCUT2D eigenvalue weighted by atomic mass is 10.0. The minimum Gasteiger partial charge on any atom is -0.460 e. The number of carbonyl (C=O) groups excluding carboxylic acids is 2. The van der Waals surface area contributed by atoms with Crippen LogP contribution in [-0.4, -0.2) is 29.1 Å². The standard InChI is InChI=1S/C11H20O4/c1-4-5-6-7-10(13)11(14)8(2)15-9(3)12/h8,11,14H,4-7H2,1-3H3. The van der Waals surface area contributed by atoms with Crippen LogP contribution in [0.15, 0.2) is 0 Å². The SMILES string of the molecule is CCCCCC(=O)C(O)C(C)OC(C)=O. The Bertz CT molecular complexity index is 213. The van der Waals surface area contributed by atoms with Crippen molar-refractivity contribution in [1.82, 2.24) is 0 Å². The van der Waals surface area contributed by atoms with Crippen molar-refractivity contribution in [2.45, 2.75) is 58.7 Å². The minimum absolute atomic E-state index is 0.253. The number of aliphatic hydroxyl groups is 1. The number of hydrogen-bond acceptors (Lipinski definition) is 4. The molecule has 0 aliphatic carbocycles. The first kappa shape index (κ1) is 14.1. The molecule has 2 unspecified atom stereocenters. The highest BCUT2D eigenvalue weighted by molar-refractivity contribution is 5.83. The van der Waals surface area contributed by atoms with Crippen LogP contribution in [0.4, 0.5) is 0 Å². The average molecular weight is 216 g/mol. The number of ketones is 1. The third kappa shape index (κ3) is 6.23. The van der Waals surface area contributed by atoms with Crippen LogP contribution in [0.2, 0.25) is 0 Å². The summed E-state index contributed by atoms with van der Waals surface area (Å²) in [5.74, 6) is -0.736. The molecule has 0 radical (unpaired) electrons. The van der Waals surface area contributed by atoms with Crippen LogP contribution < -0.4 is 0 Å². The van der Waals surface area contributed by atoms with Crippen LogP contribution in [0.5, 0.6) is 0 Å². The molecule has 0 fully saturated rings. The fraction of sp³-hybridized carbons (Fsp3) is 0.818. The Morgan fingerprint density at radius 3 is 2.40 bits per heavy atom. The number of carbonyl (C=O) groups is 2. The second kappa shape index (κ2) is 7.40. The van der Waals surface area contributed by atoms with E-state index in [0.29, 0.717) is 6.42 Å². The van der Waals surface area contributed by atoms with E-state index in [2.05, 4.69) is 0 Å². The molecule has 15 heavy (non-hydrogen) atoms.